The van der Waals surface area contributed by atoms with Gasteiger partial charge in [0.25, 0.3) is 5.91 Å². The SMILES string of the molecule is CCC(NC(=O)c1cccc(I)c1)c1ccc(OC)c(C)c1. The van der Waals surface area contributed by atoms with Crippen molar-refractivity contribution in [2.24, 2.45) is 0 Å². The lowest BCUT2D eigenvalue weighted by molar-refractivity contribution is 0.0935. The van der Waals surface area contributed by atoms with Crippen molar-refractivity contribution in [3.63, 3.8) is 0 Å². The Balaban J connectivity index is 2.18. The summed E-state index contributed by atoms with van der Waals surface area (Å²) in [6.45, 7) is 4.08. The van der Waals surface area contributed by atoms with Gasteiger partial charge < -0.3 is 10.1 Å². The number of hydrogen-bond donors (Lipinski definition) is 1. The molecule has 0 aromatic heterocycles. The van der Waals surface area contributed by atoms with Crippen LogP contribution in [0.3, 0.4) is 0 Å². The second kappa shape index (κ2) is 7.63. The monoisotopic (exact) mass is 409 g/mol. The third kappa shape index (κ3) is 4.00. The maximum Gasteiger partial charge on any atom is 0.251 e. The highest BCUT2D eigenvalue weighted by Gasteiger charge is 2.15. The van der Waals surface area contributed by atoms with E-state index in [2.05, 4.69) is 40.9 Å². The lowest BCUT2D eigenvalue weighted by Gasteiger charge is -2.19. The van der Waals surface area contributed by atoms with Crippen LogP contribution in [0.15, 0.2) is 42.5 Å². The van der Waals surface area contributed by atoms with E-state index >= 15 is 0 Å². The molecule has 2 aromatic carbocycles. The molecular formula is C18H20INO2. The van der Waals surface area contributed by atoms with Crippen LogP contribution in [-0.4, -0.2) is 13.0 Å². The van der Waals surface area contributed by atoms with Gasteiger partial charge in [0.1, 0.15) is 5.75 Å². The molecule has 0 bridgehead atoms. The Morgan fingerprint density at radius 3 is 2.64 bits per heavy atom. The van der Waals surface area contributed by atoms with Crippen molar-refractivity contribution in [2.45, 2.75) is 26.3 Å². The summed E-state index contributed by atoms with van der Waals surface area (Å²) in [6, 6.07) is 13.6. The highest BCUT2D eigenvalue weighted by Crippen LogP contribution is 2.24. The zero-order chi connectivity index (χ0) is 16.1. The molecule has 0 spiro atoms. The van der Waals surface area contributed by atoms with Crippen molar-refractivity contribution in [1.29, 1.82) is 0 Å². The number of amides is 1. The van der Waals surface area contributed by atoms with Crippen molar-refractivity contribution in [1.82, 2.24) is 5.32 Å². The van der Waals surface area contributed by atoms with Gasteiger partial charge in [-0.3, -0.25) is 4.79 Å². The average molecular weight is 409 g/mol. The Bertz CT molecular complexity index is 670. The minimum atomic E-state index is -0.0427. The molecule has 0 saturated heterocycles. The Hall–Kier alpha value is -1.56. The average Bonchev–Trinajstić information content (AvgIpc) is 2.52. The first-order chi connectivity index (χ1) is 10.5. The Morgan fingerprint density at radius 2 is 2.05 bits per heavy atom. The van der Waals surface area contributed by atoms with Gasteiger partial charge in [-0.05, 0) is 71.3 Å². The molecule has 1 unspecified atom stereocenters. The van der Waals surface area contributed by atoms with Crippen molar-refractivity contribution < 1.29 is 9.53 Å². The molecule has 0 fully saturated rings. The Kier molecular flexibility index (Phi) is 5.83. The van der Waals surface area contributed by atoms with Crippen molar-refractivity contribution in [2.75, 3.05) is 7.11 Å². The number of aryl methyl sites for hydroxylation is 1. The van der Waals surface area contributed by atoms with Crippen LogP contribution < -0.4 is 10.1 Å². The third-order valence-corrected chi connectivity index (χ3v) is 4.29. The summed E-state index contributed by atoms with van der Waals surface area (Å²) in [4.78, 5) is 12.4. The second-order valence-corrected chi connectivity index (χ2v) is 6.42. The third-order valence-electron chi connectivity index (χ3n) is 3.62. The normalized spacial score (nSPS) is 11.8. The molecule has 4 heteroatoms. The highest BCUT2D eigenvalue weighted by molar-refractivity contribution is 14.1. The quantitative estimate of drug-likeness (QED) is 0.740. The zero-order valence-corrected chi connectivity index (χ0v) is 15.2. The first-order valence-corrected chi connectivity index (χ1v) is 8.34. The van der Waals surface area contributed by atoms with E-state index < -0.39 is 0 Å². The summed E-state index contributed by atoms with van der Waals surface area (Å²) in [5.41, 5.74) is 2.86. The lowest BCUT2D eigenvalue weighted by atomic mass is 10.0. The van der Waals surface area contributed by atoms with Gasteiger partial charge in [0, 0.05) is 9.13 Å². The fourth-order valence-electron chi connectivity index (χ4n) is 2.41. The van der Waals surface area contributed by atoms with E-state index in [0.717, 1.165) is 26.9 Å². The fourth-order valence-corrected chi connectivity index (χ4v) is 2.95. The molecule has 0 aliphatic rings. The molecule has 2 aromatic rings. The van der Waals surface area contributed by atoms with Gasteiger partial charge in [0.2, 0.25) is 0 Å². The number of halogens is 1. The number of carbonyl (C=O) groups is 1. The molecule has 0 aliphatic carbocycles. The minimum Gasteiger partial charge on any atom is -0.496 e. The first kappa shape index (κ1) is 16.8. The van der Waals surface area contributed by atoms with E-state index in [0.29, 0.717) is 5.56 Å². The second-order valence-electron chi connectivity index (χ2n) is 5.17. The predicted octanol–water partition coefficient (Wildman–Crippen LogP) is 4.49. The topological polar surface area (TPSA) is 38.3 Å². The first-order valence-electron chi connectivity index (χ1n) is 7.26. The standard InChI is InChI=1S/C18H20INO2/c1-4-16(13-8-9-17(22-3)12(2)10-13)20-18(21)14-6-5-7-15(19)11-14/h5-11,16H,4H2,1-3H3,(H,20,21). The summed E-state index contributed by atoms with van der Waals surface area (Å²) in [5.74, 6) is 0.821. The molecule has 1 N–H and O–H groups in total. The van der Waals surface area contributed by atoms with Crippen molar-refractivity contribution >= 4 is 28.5 Å². The van der Waals surface area contributed by atoms with Crippen LogP contribution in [0.2, 0.25) is 0 Å². The van der Waals surface area contributed by atoms with Gasteiger partial charge in [0.05, 0.1) is 13.2 Å². The zero-order valence-electron chi connectivity index (χ0n) is 13.0. The van der Waals surface area contributed by atoms with Crippen LogP contribution in [0.25, 0.3) is 0 Å². The minimum absolute atomic E-state index is 0.00465. The van der Waals surface area contributed by atoms with E-state index in [1.54, 1.807) is 7.11 Å². The fraction of sp³-hybridized carbons (Fsp3) is 0.278. The van der Waals surface area contributed by atoms with Gasteiger partial charge in [-0.1, -0.05) is 25.1 Å². The predicted molar refractivity (Wildman–Crippen MR) is 97.4 cm³/mol. The van der Waals surface area contributed by atoms with Crippen molar-refractivity contribution in [3.05, 3.63) is 62.7 Å². The number of benzene rings is 2. The Labute approximate surface area is 145 Å². The van der Waals surface area contributed by atoms with Crippen LogP contribution in [0.5, 0.6) is 5.75 Å². The number of carbonyl (C=O) groups excluding carboxylic acids is 1. The van der Waals surface area contributed by atoms with Gasteiger partial charge in [0.15, 0.2) is 0 Å². The number of nitrogens with one attached hydrogen (secondary N) is 1. The van der Waals surface area contributed by atoms with Gasteiger partial charge in [-0.25, -0.2) is 0 Å². The molecule has 0 aliphatic heterocycles. The molecular weight excluding hydrogens is 389 g/mol. The summed E-state index contributed by atoms with van der Waals surface area (Å²) in [7, 11) is 1.66. The molecule has 116 valence electrons. The van der Waals surface area contributed by atoms with Gasteiger partial charge >= 0.3 is 0 Å². The number of rotatable bonds is 5. The van der Waals surface area contributed by atoms with Crippen molar-refractivity contribution in [3.8, 4) is 5.75 Å². The van der Waals surface area contributed by atoms with Crippen LogP contribution in [-0.2, 0) is 0 Å². The number of hydrogen-bond acceptors (Lipinski definition) is 2. The van der Waals surface area contributed by atoms with Crippen LogP contribution in [0.4, 0.5) is 0 Å². The maximum absolute atomic E-state index is 12.4. The summed E-state index contributed by atoms with van der Waals surface area (Å²) >= 11 is 2.21. The number of ether oxygens (including phenoxy) is 1. The van der Waals surface area contributed by atoms with Crippen LogP contribution in [0.1, 0.15) is 40.9 Å². The van der Waals surface area contributed by atoms with E-state index in [4.69, 9.17) is 4.74 Å². The molecule has 1 amide bonds. The van der Waals surface area contributed by atoms with Crippen LogP contribution in [0, 0.1) is 10.5 Å². The Morgan fingerprint density at radius 1 is 1.27 bits per heavy atom. The molecule has 0 saturated carbocycles. The molecule has 2 rings (SSSR count). The summed E-state index contributed by atoms with van der Waals surface area (Å²) < 4.78 is 6.34. The smallest absolute Gasteiger partial charge is 0.251 e. The van der Waals surface area contributed by atoms with E-state index in [-0.39, 0.29) is 11.9 Å². The summed E-state index contributed by atoms with van der Waals surface area (Å²) in [5, 5.41) is 3.11. The van der Waals surface area contributed by atoms with Crippen LogP contribution >= 0.6 is 22.6 Å². The molecule has 0 heterocycles. The van der Waals surface area contributed by atoms with E-state index in [1.165, 1.54) is 0 Å². The van der Waals surface area contributed by atoms with E-state index in [9.17, 15) is 4.79 Å². The summed E-state index contributed by atoms with van der Waals surface area (Å²) in [6.07, 6.45) is 0.835. The lowest BCUT2D eigenvalue weighted by Crippen LogP contribution is -2.28. The largest absolute Gasteiger partial charge is 0.496 e. The molecule has 0 radical (unpaired) electrons. The molecule has 22 heavy (non-hydrogen) atoms. The molecule has 3 nitrogen and oxygen atoms in total. The maximum atomic E-state index is 12.4. The van der Waals surface area contributed by atoms with Gasteiger partial charge in [-0.15, -0.1) is 0 Å². The molecule has 1 atom stereocenters. The highest BCUT2D eigenvalue weighted by atomic mass is 127. The van der Waals surface area contributed by atoms with E-state index in [1.807, 2.05) is 43.3 Å². The number of methoxy groups -OCH3 is 1. The van der Waals surface area contributed by atoms with Gasteiger partial charge in [-0.2, -0.15) is 0 Å².